The van der Waals surface area contributed by atoms with Gasteiger partial charge in [-0.2, -0.15) is 0 Å². The molecule has 0 N–H and O–H groups in total. The maximum absolute atomic E-state index is 12.0. The third-order valence-electron chi connectivity index (χ3n) is 3.35. The summed E-state index contributed by atoms with van der Waals surface area (Å²) in [6, 6.07) is 3.65. The fraction of sp³-hybridized carbons (Fsp3) is 0.625. The van der Waals surface area contributed by atoms with Gasteiger partial charge in [0.1, 0.15) is 10.8 Å². The van der Waals surface area contributed by atoms with E-state index in [0.717, 1.165) is 18.5 Å². The summed E-state index contributed by atoms with van der Waals surface area (Å²) in [5, 5.41) is 0.479. The third-order valence-corrected chi connectivity index (χ3v) is 3.57. The summed E-state index contributed by atoms with van der Waals surface area (Å²) < 4.78 is 11.1. The van der Waals surface area contributed by atoms with Crippen molar-refractivity contribution in [3.63, 3.8) is 0 Å². The van der Waals surface area contributed by atoms with Gasteiger partial charge in [-0.15, -0.1) is 0 Å². The van der Waals surface area contributed by atoms with Crippen LogP contribution in [0, 0.1) is 5.92 Å². The predicted molar refractivity (Wildman–Crippen MR) is 84.8 cm³/mol. The van der Waals surface area contributed by atoms with E-state index < -0.39 is 5.60 Å². The molecule has 0 radical (unpaired) electrons. The van der Waals surface area contributed by atoms with Gasteiger partial charge in [0.2, 0.25) is 0 Å². The Kier molecular flexibility index (Phi) is 5.64. The van der Waals surface area contributed by atoms with Crippen molar-refractivity contribution in [3.8, 4) is 0 Å². The van der Waals surface area contributed by atoms with Gasteiger partial charge in [-0.25, -0.2) is 9.78 Å². The Hall–Kier alpha value is -1.33. The fourth-order valence-electron chi connectivity index (χ4n) is 2.30. The van der Waals surface area contributed by atoms with Gasteiger partial charge in [0.25, 0.3) is 0 Å². The second-order valence-corrected chi connectivity index (χ2v) is 6.97. The Bertz CT molecular complexity index is 499. The number of nitrogens with zero attached hydrogens (tertiary/aromatic N) is 2. The number of rotatable bonds is 4. The molecule has 0 aliphatic carbocycles. The smallest absolute Gasteiger partial charge is 0.410 e. The molecule has 1 aliphatic heterocycles. The normalized spacial score (nSPS) is 18.5. The number of halogens is 1. The minimum atomic E-state index is -0.451. The molecule has 5 nitrogen and oxygen atoms in total. The number of hydrogen-bond donors (Lipinski definition) is 0. The summed E-state index contributed by atoms with van der Waals surface area (Å²) in [6.45, 7) is 8.18. The third kappa shape index (κ3) is 5.46. The largest absolute Gasteiger partial charge is 0.444 e. The lowest BCUT2D eigenvalue weighted by Gasteiger charge is -2.24. The minimum absolute atomic E-state index is 0.239. The van der Waals surface area contributed by atoms with E-state index in [1.54, 1.807) is 17.2 Å². The Balaban J connectivity index is 1.70. The van der Waals surface area contributed by atoms with Crippen molar-refractivity contribution in [3.05, 3.63) is 29.0 Å². The van der Waals surface area contributed by atoms with Crippen LogP contribution < -0.4 is 0 Å². The Labute approximate surface area is 136 Å². The number of pyridine rings is 1. The van der Waals surface area contributed by atoms with Gasteiger partial charge in [0, 0.05) is 25.2 Å². The van der Waals surface area contributed by atoms with Crippen molar-refractivity contribution in [1.29, 1.82) is 0 Å². The molecule has 2 heterocycles. The van der Waals surface area contributed by atoms with Crippen molar-refractivity contribution in [2.45, 2.75) is 39.4 Å². The van der Waals surface area contributed by atoms with Gasteiger partial charge in [0.05, 0.1) is 13.2 Å². The molecule has 122 valence electrons. The SMILES string of the molecule is CC(C)(C)OC(=O)N1CC[C@@H](COCc2ccc(Cl)nc2)C1. The first kappa shape index (κ1) is 17.0. The van der Waals surface area contributed by atoms with Gasteiger partial charge in [-0.1, -0.05) is 17.7 Å². The quantitative estimate of drug-likeness (QED) is 0.794. The van der Waals surface area contributed by atoms with Gasteiger partial charge >= 0.3 is 6.09 Å². The summed E-state index contributed by atoms with van der Waals surface area (Å²) in [5.41, 5.74) is 0.541. The van der Waals surface area contributed by atoms with Crippen LogP contribution in [0.4, 0.5) is 4.79 Å². The molecular formula is C16H23ClN2O3. The molecule has 1 amide bonds. The lowest BCUT2D eigenvalue weighted by atomic mass is 10.1. The molecule has 1 aromatic heterocycles. The Morgan fingerprint density at radius 1 is 1.45 bits per heavy atom. The lowest BCUT2D eigenvalue weighted by molar-refractivity contribution is 0.0271. The summed E-state index contributed by atoms with van der Waals surface area (Å²) in [7, 11) is 0. The molecule has 1 fully saturated rings. The van der Waals surface area contributed by atoms with Gasteiger partial charge in [0.15, 0.2) is 0 Å². The van der Waals surface area contributed by atoms with Crippen LogP contribution >= 0.6 is 11.6 Å². The van der Waals surface area contributed by atoms with Crippen molar-refractivity contribution in [1.82, 2.24) is 9.88 Å². The number of carbonyl (C=O) groups excluding carboxylic acids is 1. The molecule has 1 saturated heterocycles. The molecule has 0 bridgehead atoms. The Morgan fingerprint density at radius 3 is 2.86 bits per heavy atom. The summed E-state index contributed by atoms with van der Waals surface area (Å²) in [4.78, 5) is 17.7. The number of carbonyl (C=O) groups is 1. The summed E-state index contributed by atoms with van der Waals surface area (Å²) in [6.07, 6.45) is 2.42. The highest BCUT2D eigenvalue weighted by Gasteiger charge is 2.29. The molecule has 0 spiro atoms. The van der Waals surface area contributed by atoms with Crippen molar-refractivity contribution in [2.75, 3.05) is 19.7 Å². The number of ether oxygens (including phenoxy) is 2. The first-order chi connectivity index (χ1) is 10.3. The van der Waals surface area contributed by atoms with E-state index in [0.29, 0.717) is 30.8 Å². The molecule has 1 aliphatic rings. The number of amides is 1. The number of hydrogen-bond acceptors (Lipinski definition) is 4. The van der Waals surface area contributed by atoms with Crippen LogP contribution in [0.1, 0.15) is 32.8 Å². The van der Waals surface area contributed by atoms with Gasteiger partial charge in [-0.05, 0) is 38.8 Å². The zero-order valence-corrected chi connectivity index (χ0v) is 14.1. The average Bonchev–Trinajstić information content (AvgIpc) is 2.88. The van der Waals surface area contributed by atoms with E-state index in [9.17, 15) is 4.79 Å². The second-order valence-electron chi connectivity index (χ2n) is 6.59. The second kappa shape index (κ2) is 7.29. The van der Waals surface area contributed by atoms with E-state index >= 15 is 0 Å². The Morgan fingerprint density at radius 2 is 2.23 bits per heavy atom. The van der Waals surface area contributed by atoms with Crippen LogP contribution in [-0.4, -0.2) is 41.3 Å². The number of aromatic nitrogens is 1. The van der Waals surface area contributed by atoms with Crippen LogP contribution in [-0.2, 0) is 16.1 Å². The first-order valence-corrected chi connectivity index (χ1v) is 7.87. The van der Waals surface area contributed by atoms with Crippen LogP contribution in [0.2, 0.25) is 5.15 Å². The molecule has 6 heteroatoms. The molecule has 0 aromatic carbocycles. The van der Waals surface area contributed by atoms with Crippen molar-refractivity contribution >= 4 is 17.7 Å². The highest BCUT2D eigenvalue weighted by atomic mass is 35.5. The number of likely N-dealkylation sites (tertiary alicyclic amines) is 1. The van der Waals surface area contributed by atoms with Crippen LogP contribution in [0.15, 0.2) is 18.3 Å². The highest BCUT2D eigenvalue weighted by molar-refractivity contribution is 6.29. The molecule has 2 rings (SSSR count). The van der Waals surface area contributed by atoms with Crippen molar-refractivity contribution < 1.29 is 14.3 Å². The summed E-state index contributed by atoms with van der Waals surface area (Å²) in [5.74, 6) is 0.354. The topological polar surface area (TPSA) is 51.7 Å². The van der Waals surface area contributed by atoms with Crippen LogP contribution in [0.5, 0.6) is 0 Å². The van der Waals surface area contributed by atoms with E-state index in [1.807, 2.05) is 26.8 Å². The van der Waals surface area contributed by atoms with Gasteiger partial charge < -0.3 is 14.4 Å². The van der Waals surface area contributed by atoms with Crippen molar-refractivity contribution in [2.24, 2.45) is 5.92 Å². The maximum atomic E-state index is 12.0. The molecular weight excluding hydrogens is 304 g/mol. The fourth-order valence-corrected chi connectivity index (χ4v) is 2.41. The molecule has 1 aromatic rings. The van der Waals surface area contributed by atoms with Crippen LogP contribution in [0.25, 0.3) is 0 Å². The van der Waals surface area contributed by atoms with Crippen LogP contribution in [0.3, 0.4) is 0 Å². The zero-order chi connectivity index (χ0) is 16.2. The highest BCUT2D eigenvalue weighted by Crippen LogP contribution is 2.20. The molecule has 0 saturated carbocycles. The van der Waals surface area contributed by atoms with E-state index in [-0.39, 0.29) is 6.09 Å². The van der Waals surface area contributed by atoms with E-state index in [4.69, 9.17) is 21.1 Å². The minimum Gasteiger partial charge on any atom is -0.444 e. The molecule has 1 atom stereocenters. The average molecular weight is 327 g/mol. The first-order valence-electron chi connectivity index (χ1n) is 7.49. The van der Waals surface area contributed by atoms with E-state index in [1.165, 1.54) is 0 Å². The monoisotopic (exact) mass is 326 g/mol. The van der Waals surface area contributed by atoms with E-state index in [2.05, 4.69) is 4.98 Å². The lowest BCUT2D eigenvalue weighted by Crippen LogP contribution is -2.35. The predicted octanol–water partition coefficient (Wildman–Crippen LogP) is 3.51. The summed E-state index contributed by atoms with van der Waals surface area (Å²) >= 11 is 5.74. The maximum Gasteiger partial charge on any atom is 0.410 e. The molecule has 0 unspecified atom stereocenters. The zero-order valence-electron chi connectivity index (χ0n) is 13.3. The standard InChI is InChI=1S/C16H23ClN2O3/c1-16(2,3)22-15(20)19-7-6-13(9-19)11-21-10-12-4-5-14(17)18-8-12/h4-5,8,13H,6-7,9-11H2,1-3H3/t13-/m1/s1. The molecule has 22 heavy (non-hydrogen) atoms. The van der Waals surface area contributed by atoms with Gasteiger partial charge in [-0.3, -0.25) is 0 Å².